The zero-order valence-electron chi connectivity index (χ0n) is 18.8. The lowest BCUT2D eigenvalue weighted by atomic mass is 9.80. The number of halogens is 2. The SMILES string of the molecule is CC(C)C1CCC(n2cc(NC(=O)c3cnn4c(N(C)C)ccnc34)c(C(F)F)n2)CC1. The molecule has 0 unspecified atom stereocenters. The summed E-state index contributed by atoms with van der Waals surface area (Å²) in [6.45, 7) is 4.44. The quantitative estimate of drug-likeness (QED) is 0.601. The summed E-state index contributed by atoms with van der Waals surface area (Å²) in [6, 6.07) is 1.84. The summed E-state index contributed by atoms with van der Waals surface area (Å²) < 4.78 is 30.5. The molecule has 0 saturated heterocycles. The number of fused-ring (bicyclic) bond motifs is 1. The first-order valence-corrected chi connectivity index (χ1v) is 10.9. The number of alkyl halides is 2. The van der Waals surface area contributed by atoms with Crippen LogP contribution in [0, 0.1) is 11.8 Å². The molecule has 3 aromatic rings. The summed E-state index contributed by atoms with van der Waals surface area (Å²) in [5, 5.41) is 11.0. The molecular weight excluding hydrogens is 416 g/mol. The van der Waals surface area contributed by atoms with Gasteiger partial charge in [0.05, 0.1) is 17.9 Å². The molecule has 32 heavy (non-hydrogen) atoms. The van der Waals surface area contributed by atoms with E-state index in [1.54, 1.807) is 21.5 Å². The Hall–Kier alpha value is -3.04. The van der Waals surface area contributed by atoms with E-state index < -0.39 is 18.0 Å². The van der Waals surface area contributed by atoms with Crippen molar-refractivity contribution >= 4 is 23.1 Å². The number of aromatic nitrogens is 5. The van der Waals surface area contributed by atoms with E-state index >= 15 is 0 Å². The molecule has 0 spiro atoms. The minimum Gasteiger partial charge on any atom is -0.363 e. The topological polar surface area (TPSA) is 80.4 Å². The van der Waals surface area contributed by atoms with Crippen LogP contribution in [-0.2, 0) is 0 Å². The maximum atomic E-state index is 13.7. The second-order valence-corrected chi connectivity index (χ2v) is 8.97. The average Bonchev–Trinajstić information content (AvgIpc) is 3.38. The third-order valence-corrected chi connectivity index (χ3v) is 6.36. The highest BCUT2D eigenvalue weighted by Gasteiger charge is 2.28. The van der Waals surface area contributed by atoms with Gasteiger partial charge >= 0.3 is 0 Å². The molecule has 8 nitrogen and oxygen atoms in total. The average molecular weight is 446 g/mol. The number of carbonyl (C=O) groups excluding carboxylic acids is 1. The fraction of sp³-hybridized carbons (Fsp3) is 0.545. The van der Waals surface area contributed by atoms with Crippen molar-refractivity contribution in [3.63, 3.8) is 0 Å². The number of carbonyl (C=O) groups is 1. The van der Waals surface area contributed by atoms with Gasteiger partial charge in [0, 0.05) is 26.5 Å². The van der Waals surface area contributed by atoms with E-state index in [0.717, 1.165) is 31.5 Å². The van der Waals surface area contributed by atoms with Crippen LogP contribution in [0.2, 0.25) is 0 Å². The first-order chi connectivity index (χ1) is 15.3. The molecule has 1 amide bonds. The van der Waals surface area contributed by atoms with Crippen LogP contribution >= 0.6 is 0 Å². The highest BCUT2D eigenvalue weighted by atomic mass is 19.3. The van der Waals surface area contributed by atoms with Crippen LogP contribution < -0.4 is 10.2 Å². The van der Waals surface area contributed by atoms with Crippen LogP contribution in [0.4, 0.5) is 20.3 Å². The summed E-state index contributed by atoms with van der Waals surface area (Å²) in [5.74, 6) is 1.47. The summed E-state index contributed by atoms with van der Waals surface area (Å²) >= 11 is 0. The molecule has 3 aromatic heterocycles. The lowest BCUT2D eigenvalue weighted by Crippen LogP contribution is -2.21. The predicted octanol–water partition coefficient (Wildman–Crippen LogP) is 4.57. The van der Waals surface area contributed by atoms with Crippen molar-refractivity contribution in [1.82, 2.24) is 24.4 Å². The van der Waals surface area contributed by atoms with Crippen molar-refractivity contribution in [2.75, 3.05) is 24.3 Å². The monoisotopic (exact) mass is 445 g/mol. The minimum atomic E-state index is -2.79. The van der Waals surface area contributed by atoms with Crippen LogP contribution in [0.5, 0.6) is 0 Å². The predicted molar refractivity (Wildman–Crippen MR) is 118 cm³/mol. The Kier molecular flexibility index (Phi) is 6.12. The maximum Gasteiger partial charge on any atom is 0.284 e. The zero-order valence-corrected chi connectivity index (χ0v) is 18.8. The molecule has 3 heterocycles. The molecule has 1 N–H and O–H groups in total. The molecule has 1 saturated carbocycles. The van der Waals surface area contributed by atoms with E-state index in [9.17, 15) is 13.6 Å². The fourth-order valence-electron chi connectivity index (χ4n) is 4.45. The number of hydrogen-bond donors (Lipinski definition) is 1. The Labute approximate surface area is 185 Å². The van der Waals surface area contributed by atoms with E-state index in [1.807, 2.05) is 19.0 Å². The van der Waals surface area contributed by atoms with Gasteiger partial charge in [-0.3, -0.25) is 9.48 Å². The maximum absolute atomic E-state index is 13.7. The van der Waals surface area contributed by atoms with Crippen LogP contribution in [0.3, 0.4) is 0 Å². The lowest BCUT2D eigenvalue weighted by Gasteiger charge is -2.30. The zero-order chi connectivity index (χ0) is 23.0. The second-order valence-electron chi connectivity index (χ2n) is 8.97. The van der Waals surface area contributed by atoms with Gasteiger partial charge in [0.1, 0.15) is 11.4 Å². The van der Waals surface area contributed by atoms with E-state index in [1.165, 1.54) is 12.4 Å². The van der Waals surface area contributed by atoms with E-state index in [-0.39, 0.29) is 17.3 Å². The molecule has 4 rings (SSSR count). The van der Waals surface area contributed by atoms with Gasteiger partial charge in [0.2, 0.25) is 0 Å². The van der Waals surface area contributed by atoms with Gasteiger partial charge in [-0.05, 0) is 43.6 Å². The number of nitrogens with zero attached hydrogens (tertiary/aromatic N) is 6. The van der Waals surface area contributed by atoms with Gasteiger partial charge < -0.3 is 10.2 Å². The van der Waals surface area contributed by atoms with Gasteiger partial charge in [-0.15, -0.1) is 0 Å². The molecule has 0 atom stereocenters. The molecule has 1 aliphatic carbocycles. The van der Waals surface area contributed by atoms with Crippen molar-refractivity contribution in [3.8, 4) is 0 Å². The number of rotatable bonds is 6. The normalized spacial score (nSPS) is 19.1. The first-order valence-electron chi connectivity index (χ1n) is 10.9. The van der Waals surface area contributed by atoms with Crippen LogP contribution in [-0.4, -0.2) is 44.4 Å². The Bertz CT molecular complexity index is 1100. The van der Waals surface area contributed by atoms with Crippen molar-refractivity contribution in [1.29, 1.82) is 0 Å². The highest BCUT2D eigenvalue weighted by molar-refractivity contribution is 6.08. The summed E-state index contributed by atoms with van der Waals surface area (Å²) in [4.78, 5) is 19.0. The molecule has 0 aromatic carbocycles. The Balaban J connectivity index is 1.57. The lowest BCUT2D eigenvalue weighted by molar-refractivity contribution is 0.102. The summed E-state index contributed by atoms with van der Waals surface area (Å²) in [5.41, 5.74) is 0.174. The smallest absolute Gasteiger partial charge is 0.284 e. The molecule has 1 aliphatic rings. The highest BCUT2D eigenvalue weighted by Crippen LogP contribution is 2.37. The second kappa shape index (κ2) is 8.84. The molecule has 10 heteroatoms. The standard InChI is InChI=1S/C22H29F2N7O/c1-13(2)14-5-7-15(8-6-14)30-12-17(19(28-30)20(23)24)27-22(32)16-11-26-31-18(29(3)4)9-10-25-21(16)31/h9-15,20H,5-8H2,1-4H3,(H,27,32). The molecule has 0 aliphatic heterocycles. The fourth-order valence-corrected chi connectivity index (χ4v) is 4.45. The van der Waals surface area contributed by atoms with E-state index in [4.69, 9.17) is 0 Å². The number of anilines is 2. The third-order valence-electron chi connectivity index (χ3n) is 6.36. The third kappa shape index (κ3) is 4.18. The summed E-state index contributed by atoms with van der Waals surface area (Å²) in [6.07, 6.45) is 5.61. The van der Waals surface area contributed by atoms with Crippen LogP contribution in [0.25, 0.3) is 5.65 Å². The number of hydrogen-bond acceptors (Lipinski definition) is 5. The van der Waals surface area contributed by atoms with Crippen LogP contribution in [0.1, 0.15) is 68.0 Å². The van der Waals surface area contributed by atoms with Crippen molar-refractivity contribution in [3.05, 3.63) is 35.9 Å². The molecule has 0 bridgehead atoms. The number of nitrogens with one attached hydrogen (secondary N) is 1. The van der Waals surface area contributed by atoms with E-state index in [2.05, 4.69) is 34.3 Å². The van der Waals surface area contributed by atoms with Gasteiger partial charge in [-0.2, -0.15) is 14.7 Å². The largest absolute Gasteiger partial charge is 0.363 e. The first kappa shape index (κ1) is 22.2. The molecule has 172 valence electrons. The molecular formula is C22H29F2N7O. The van der Waals surface area contributed by atoms with Gasteiger partial charge in [0.15, 0.2) is 11.3 Å². The van der Waals surface area contributed by atoms with Crippen LogP contribution in [0.15, 0.2) is 24.7 Å². The minimum absolute atomic E-state index is 0.0269. The van der Waals surface area contributed by atoms with Crippen molar-refractivity contribution in [2.45, 2.75) is 52.0 Å². The Morgan fingerprint density at radius 1 is 1.22 bits per heavy atom. The molecule has 0 radical (unpaired) electrons. The van der Waals surface area contributed by atoms with Gasteiger partial charge in [0.25, 0.3) is 12.3 Å². The van der Waals surface area contributed by atoms with Crippen molar-refractivity contribution in [2.24, 2.45) is 11.8 Å². The summed E-state index contributed by atoms with van der Waals surface area (Å²) in [7, 11) is 3.71. The van der Waals surface area contributed by atoms with Gasteiger partial charge in [-0.25, -0.2) is 13.8 Å². The van der Waals surface area contributed by atoms with Gasteiger partial charge in [-0.1, -0.05) is 13.8 Å². The number of amides is 1. The molecule has 1 fully saturated rings. The van der Waals surface area contributed by atoms with E-state index in [0.29, 0.717) is 17.5 Å². The van der Waals surface area contributed by atoms with Crippen molar-refractivity contribution < 1.29 is 13.6 Å². The Morgan fingerprint density at radius 3 is 2.56 bits per heavy atom. The Morgan fingerprint density at radius 2 is 1.94 bits per heavy atom.